The molecule has 0 aliphatic heterocycles. The van der Waals surface area contributed by atoms with Crippen molar-refractivity contribution in [2.45, 2.75) is 72.3 Å². The van der Waals surface area contributed by atoms with Crippen molar-refractivity contribution in [3.05, 3.63) is 0 Å². The first-order chi connectivity index (χ1) is 6.76. The molecule has 0 bridgehead atoms. The highest BCUT2D eigenvalue weighted by atomic mass is 14.9. The Labute approximate surface area is 90.7 Å². The molecule has 0 radical (unpaired) electrons. The van der Waals surface area contributed by atoms with Gasteiger partial charge in [0.15, 0.2) is 0 Å². The van der Waals surface area contributed by atoms with Gasteiger partial charge >= 0.3 is 0 Å². The number of rotatable bonds is 9. The molecule has 0 amide bonds. The minimum Gasteiger partial charge on any atom is -0.314 e. The van der Waals surface area contributed by atoms with Crippen LogP contribution >= 0.6 is 0 Å². The summed E-state index contributed by atoms with van der Waals surface area (Å²) in [5.41, 5.74) is 0. The quantitative estimate of drug-likeness (QED) is 0.554. The molecule has 1 heteroatoms. The molecule has 2 unspecified atom stereocenters. The van der Waals surface area contributed by atoms with Crippen molar-refractivity contribution >= 4 is 0 Å². The number of nitrogens with one attached hydrogen (secondary N) is 1. The van der Waals surface area contributed by atoms with Crippen LogP contribution in [-0.2, 0) is 0 Å². The summed E-state index contributed by atoms with van der Waals surface area (Å²) in [4.78, 5) is 0. The Morgan fingerprint density at radius 1 is 1.00 bits per heavy atom. The van der Waals surface area contributed by atoms with Gasteiger partial charge in [-0.05, 0) is 25.3 Å². The molecule has 0 aromatic carbocycles. The first kappa shape index (κ1) is 14.0. The highest BCUT2D eigenvalue weighted by Crippen LogP contribution is 2.14. The summed E-state index contributed by atoms with van der Waals surface area (Å²) in [5, 5.41) is 3.68. The third kappa shape index (κ3) is 6.42. The van der Waals surface area contributed by atoms with Crippen molar-refractivity contribution in [3.63, 3.8) is 0 Å². The normalized spacial score (nSPS) is 15.4. The van der Waals surface area contributed by atoms with Gasteiger partial charge in [-0.2, -0.15) is 0 Å². The summed E-state index contributed by atoms with van der Waals surface area (Å²) in [6, 6.07) is 0.756. The van der Waals surface area contributed by atoms with Gasteiger partial charge in [0.2, 0.25) is 0 Å². The van der Waals surface area contributed by atoms with Crippen LogP contribution in [-0.4, -0.2) is 12.6 Å². The summed E-state index contributed by atoms with van der Waals surface area (Å²) in [5.74, 6) is 0.832. The van der Waals surface area contributed by atoms with E-state index in [-0.39, 0.29) is 0 Å². The highest BCUT2D eigenvalue weighted by molar-refractivity contribution is 4.72. The first-order valence-electron chi connectivity index (χ1n) is 6.49. The van der Waals surface area contributed by atoms with E-state index in [9.17, 15) is 0 Å². The van der Waals surface area contributed by atoms with E-state index in [0.29, 0.717) is 0 Å². The van der Waals surface area contributed by atoms with Crippen LogP contribution in [0.2, 0.25) is 0 Å². The monoisotopic (exact) mass is 199 g/mol. The maximum atomic E-state index is 3.68. The van der Waals surface area contributed by atoms with Gasteiger partial charge < -0.3 is 5.32 Å². The third-order valence-corrected chi connectivity index (χ3v) is 3.11. The van der Waals surface area contributed by atoms with E-state index < -0.39 is 0 Å². The van der Waals surface area contributed by atoms with Crippen LogP contribution in [0.25, 0.3) is 0 Å². The lowest BCUT2D eigenvalue weighted by Gasteiger charge is -2.24. The average Bonchev–Trinajstić information content (AvgIpc) is 2.22. The second-order valence-corrected chi connectivity index (χ2v) is 4.44. The summed E-state index contributed by atoms with van der Waals surface area (Å²) in [7, 11) is 0. The molecule has 86 valence electrons. The average molecular weight is 199 g/mol. The van der Waals surface area contributed by atoms with Crippen molar-refractivity contribution in [1.82, 2.24) is 5.32 Å². The summed E-state index contributed by atoms with van der Waals surface area (Å²) in [6.07, 6.45) is 8.03. The second-order valence-electron chi connectivity index (χ2n) is 4.44. The lowest BCUT2D eigenvalue weighted by atomic mass is 9.94. The van der Waals surface area contributed by atoms with Crippen LogP contribution < -0.4 is 5.32 Å². The first-order valence-corrected chi connectivity index (χ1v) is 6.49. The van der Waals surface area contributed by atoms with Crippen LogP contribution in [0.3, 0.4) is 0 Å². The number of hydrogen-bond donors (Lipinski definition) is 1. The van der Waals surface area contributed by atoms with Gasteiger partial charge in [0.25, 0.3) is 0 Å². The van der Waals surface area contributed by atoms with Crippen molar-refractivity contribution < 1.29 is 0 Å². The zero-order chi connectivity index (χ0) is 10.8. The molecule has 14 heavy (non-hydrogen) atoms. The van der Waals surface area contributed by atoms with Crippen LogP contribution in [0.1, 0.15) is 66.2 Å². The predicted molar refractivity (Wildman–Crippen MR) is 65.7 cm³/mol. The fourth-order valence-electron chi connectivity index (χ4n) is 1.82. The van der Waals surface area contributed by atoms with E-state index in [4.69, 9.17) is 0 Å². The molecule has 0 aliphatic carbocycles. The van der Waals surface area contributed by atoms with Crippen LogP contribution in [0.4, 0.5) is 0 Å². The molecule has 0 aliphatic rings. The molecule has 2 atom stereocenters. The molecule has 0 aromatic rings. The standard InChI is InChI=1S/C13H29N/c1-5-8-9-10-13(12(4)7-3)14-11-6-2/h12-14H,5-11H2,1-4H3. The molecule has 0 spiro atoms. The Hall–Kier alpha value is -0.0400. The van der Waals surface area contributed by atoms with E-state index in [2.05, 4.69) is 33.0 Å². The molecular weight excluding hydrogens is 170 g/mol. The Balaban J connectivity index is 3.72. The summed E-state index contributed by atoms with van der Waals surface area (Å²) in [6.45, 7) is 10.4. The topological polar surface area (TPSA) is 12.0 Å². The minimum atomic E-state index is 0.756. The maximum Gasteiger partial charge on any atom is 0.00925 e. The van der Waals surface area contributed by atoms with Crippen LogP contribution in [0.15, 0.2) is 0 Å². The molecule has 0 rings (SSSR count). The molecule has 0 saturated carbocycles. The van der Waals surface area contributed by atoms with Gasteiger partial charge in [0, 0.05) is 6.04 Å². The van der Waals surface area contributed by atoms with Crippen molar-refractivity contribution in [2.24, 2.45) is 5.92 Å². The zero-order valence-corrected chi connectivity index (χ0v) is 10.6. The summed E-state index contributed by atoms with van der Waals surface area (Å²) < 4.78 is 0. The van der Waals surface area contributed by atoms with Gasteiger partial charge in [0.05, 0.1) is 0 Å². The highest BCUT2D eigenvalue weighted by Gasteiger charge is 2.13. The van der Waals surface area contributed by atoms with Gasteiger partial charge in [0.1, 0.15) is 0 Å². The fourth-order valence-corrected chi connectivity index (χ4v) is 1.82. The number of hydrogen-bond acceptors (Lipinski definition) is 1. The predicted octanol–water partition coefficient (Wildman–Crippen LogP) is 3.98. The second kappa shape index (κ2) is 9.51. The zero-order valence-electron chi connectivity index (χ0n) is 10.6. The lowest BCUT2D eigenvalue weighted by molar-refractivity contribution is 0.339. The van der Waals surface area contributed by atoms with Gasteiger partial charge in [-0.15, -0.1) is 0 Å². The van der Waals surface area contributed by atoms with Gasteiger partial charge in [-0.25, -0.2) is 0 Å². The van der Waals surface area contributed by atoms with E-state index in [1.54, 1.807) is 0 Å². The molecule has 0 saturated heterocycles. The van der Waals surface area contributed by atoms with E-state index in [1.165, 1.54) is 45.1 Å². The summed E-state index contributed by atoms with van der Waals surface area (Å²) >= 11 is 0. The van der Waals surface area contributed by atoms with Crippen molar-refractivity contribution in [2.75, 3.05) is 6.54 Å². The number of unbranched alkanes of at least 4 members (excludes halogenated alkanes) is 2. The Morgan fingerprint density at radius 3 is 2.21 bits per heavy atom. The molecule has 0 heterocycles. The smallest absolute Gasteiger partial charge is 0.00925 e. The van der Waals surface area contributed by atoms with Gasteiger partial charge in [-0.3, -0.25) is 0 Å². The van der Waals surface area contributed by atoms with Crippen molar-refractivity contribution in [1.29, 1.82) is 0 Å². The molecule has 1 N–H and O–H groups in total. The van der Waals surface area contributed by atoms with E-state index in [1.807, 2.05) is 0 Å². The minimum absolute atomic E-state index is 0.756. The Bertz CT molecular complexity index is 112. The Kier molecular flexibility index (Phi) is 9.49. The van der Waals surface area contributed by atoms with E-state index in [0.717, 1.165) is 12.0 Å². The molecular formula is C13H29N. The van der Waals surface area contributed by atoms with Gasteiger partial charge in [-0.1, -0.05) is 53.4 Å². The Morgan fingerprint density at radius 2 is 1.71 bits per heavy atom. The SMILES string of the molecule is CCCCCC(NCCC)C(C)CC. The lowest BCUT2D eigenvalue weighted by Crippen LogP contribution is -2.35. The van der Waals surface area contributed by atoms with Crippen molar-refractivity contribution in [3.8, 4) is 0 Å². The molecule has 0 fully saturated rings. The van der Waals surface area contributed by atoms with Crippen LogP contribution in [0, 0.1) is 5.92 Å². The molecule has 0 aromatic heterocycles. The maximum absolute atomic E-state index is 3.68. The van der Waals surface area contributed by atoms with Crippen LogP contribution in [0.5, 0.6) is 0 Å². The third-order valence-electron chi connectivity index (χ3n) is 3.11. The molecule has 1 nitrogen and oxygen atoms in total. The largest absolute Gasteiger partial charge is 0.314 e. The fraction of sp³-hybridized carbons (Fsp3) is 1.00. The van der Waals surface area contributed by atoms with E-state index >= 15 is 0 Å².